The Hall–Kier alpha value is -0.520. The summed E-state index contributed by atoms with van der Waals surface area (Å²) in [6.45, 7) is 6.18. The Balaban J connectivity index is 2.86. The van der Waals surface area contributed by atoms with Crippen molar-refractivity contribution in [1.29, 1.82) is 0 Å². The van der Waals surface area contributed by atoms with Crippen LogP contribution in [0.15, 0.2) is 0 Å². The Morgan fingerprint density at radius 1 is 1.60 bits per heavy atom. The molecule has 0 aromatic carbocycles. The van der Waals surface area contributed by atoms with Crippen molar-refractivity contribution in [2.24, 2.45) is 0 Å². The van der Waals surface area contributed by atoms with Crippen LogP contribution in [-0.4, -0.2) is 25.8 Å². The molecular formula is C8H15NO. The van der Waals surface area contributed by atoms with Gasteiger partial charge in [0, 0.05) is 12.6 Å². The van der Waals surface area contributed by atoms with Gasteiger partial charge in [0.15, 0.2) is 0 Å². The van der Waals surface area contributed by atoms with E-state index in [4.69, 9.17) is 11.2 Å². The molecule has 0 atom stereocenters. The van der Waals surface area contributed by atoms with Crippen molar-refractivity contribution in [2.75, 3.05) is 19.8 Å². The lowest BCUT2D eigenvalue weighted by Crippen LogP contribution is -2.26. The van der Waals surface area contributed by atoms with Crippen molar-refractivity contribution in [3.8, 4) is 12.3 Å². The quantitative estimate of drug-likeness (QED) is 0.448. The van der Waals surface area contributed by atoms with Crippen LogP contribution in [0.1, 0.15) is 13.8 Å². The summed E-state index contributed by atoms with van der Waals surface area (Å²) < 4.78 is 5.03. The maximum Gasteiger partial charge on any atom is 0.107 e. The smallest absolute Gasteiger partial charge is 0.107 e. The summed E-state index contributed by atoms with van der Waals surface area (Å²) in [6.07, 6.45) is 4.98. The Bertz CT molecular complexity index is 104. The molecule has 58 valence electrons. The summed E-state index contributed by atoms with van der Waals surface area (Å²) >= 11 is 0. The maximum absolute atomic E-state index is 5.03. The molecule has 0 aliphatic carbocycles. The zero-order valence-electron chi connectivity index (χ0n) is 6.68. The molecule has 0 aliphatic rings. The second kappa shape index (κ2) is 6.60. The zero-order valence-corrected chi connectivity index (χ0v) is 6.68. The average Bonchev–Trinajstić information content (AvgIpc) is 1.87. The molecule has 0 spiro atoms. The molecule has 2 heteroatoms. The van der Waals surface area contributed by atoms with E-state index in [0.29, 0.717) is 19.3 Å². The minimum Gasteiger partial charge on any atom is -0.367 e. The fourth-order valence-corrected chi connectivity index (χ4v) is 0.551. The summed E-state index contributed by atoms with van der Waals surface area (Å²) in [5.41, 5.74) is 0. The van der Waals surface area contributed by atoms with Crippen molar-refractivity contribution in [3.05, 3.63) is 0 Å². The van der Waals surface area contributed by atoms with E-state index in [-0.39, 0.29) is 0 Å². The van der Waals surface area contributed by atoms with Gasteiger partial charge in [-0.3, -0.25) is 0 Å². The van der Waals surface area contributed by atoms with Gasteiger partial charge in [-0.1, -0.05) is 19.8 Å². The fourth-order valence-electron chi connectivity index (χ4n) is 0.551. The van der Waals surface area contributed by atoms with Gasteiger partial charge < -0.3 is 10.1 Å². The predicted octanol–water partition coefficient (Wildman–Crippen LogP) is 0.634. The third kappa shape index (κ3) is 7.48. The second-order valence-electron chi connectivity index (χ2n) is 2.37. The van der Waals surface area contributed by atoms with E-state index >= 15 is 0 Å². The minimum absolute atomic E-state index is 0.416. The van der Waals surface area contributed by atoms with E-state index in [9.17, 15) is 0 Å². The van der Waals surface area contributed by atoms with Crippen molar-refractivity contribution < 1.29 is 4.74 Å². The maximum atomic E-state index is 5.03. The lowest BCUT2D eigenvalue weighted by molar-refractivity contribution is 0.167. The molecule has 0 amide bonds. The van der Waals surface area contributed by atoms with Crippen LogP contribution in [0.4, 0.5) is 0 Å². The number of ether oxygens (including phenoxy) is 1. The highest BCUT2D eigenvalue weighted by molar-refractivity contribution is 4.82. The summed E-state index contributed by atoms with van der Waals surface area (Å²) in [7, 11) is 0. The standard InChI is InChI=1S/C8H15NO/c1-4-6-10-7-5-9-8(2)3/h1,8-9H,5-7H2,2-3H3. The first-order valence-electron chi connectivity index (χ1n) is 3.52. The number of nitrogens with one attached hydrogen (secondary N) is 1. The molecule has 0 saturated heterocycles. The first-order valence-corrected chi connectivity index (χ1v) is 3.52. The van der Waals surface area contributed by atoms with Crippen LogP contribution in [0.2, 0.25) is 0 Å². The summed E-state index contributed by atoms with van der Waals surface area (Å²) in [6, 6.07) is 0.523. The normalized spacial score (nSPS) is 9.80. The predicted molar refractivity (Wildman–Crippen MR) is 42.8 cm³/mol. The molecule has 0 heterocycles. The lowest BCUT2D eigenvalue weighted by Gasteiger charge is -2.06. The van der Waals surface area contributed by atoms with Crippen LogP contribution in [0, 0.1) is 12.3 Å². The molecule has 0 unspecified atom stereocenters. The number of hydrogen-bond donors (Lipinski definition) is 1. The molecule has 0 aromatic heterocycles. The van der Waals surface area contributed by atoms with E-state index in [2.05, 4.69) is 25.1 Å². The number of hydrogen-bond acceptors (Lipinski definition) is 2. The van der Waals surface area contributed by atoms with Gasteiger partial charge in [0.25, 0.3) is 0 Å². The average molecular weight is 141 g/mol. The second-order valence-corrected chi connectivity index (χ2v) is 2.37. The Labute approximate surface area is 63.0 Å². The molecule has 0 radical (unpaired) electrons. The molecule has 0 bridgehead atoms. The van der Waals surface area contributed by atoms with Gasteiger partial charge in [-0.2, -0.15) is 0 Å². The Morgan fingerprint density at radius 3 is 2.80 bits per heavy atom. The van der Waals surface area contributed by atoms with Crippen LogP contribution < -0.4 is 5.32 Å². The third-order valence-corrected chi connectivity index (χ3v) is 0.984. The monoisotopic (exact) mass is 141 g/mol. The highest BCUT2D eigenvalue weighted by Crippen LogP contribution is 1.75. The topological polar surface area (TPSA) is 21.3 Å². The van der Waals surface area contributed by atoms with Crippen LogP contribution in [-0.2, 0) is 4.74 Å². The molecule has 0 fully saturated rings. The van der Waals surface area contributed by atoms with Crippen molar-refractivity contribution >= 4 is 0 Å². The van der Waals surface area contributed by atoms with Crippen LogP contribution in [0.5, 0.6) is 0 Å². The van der Waals surface area contributed by atoms with Gasteiger partial charge in [0.05, 0.1) is 6.61 Å². The fraction of sp³-hybridized carbons (Fsp3) is 0.750. The lowest BCUT2D eigenvalue weighted by atomic mass is 10.4. The van der Waals surface area contributed by atoms with Crippen molar-refractivity contribution in [3.63, 3.8) is 0 Å². The van der Waals surface area contributed by atoms with E-state index < -0.39 is 0 Å². The Morgan fingerprint density at radius 2 is 2.30 bits per heavy atom. The van der Waals surface area contributed by atoms with Crippen molar-refractivity contribution in [2.45, 2.75) is 19.9 Å². The molecule has 0 aliphatic heterocycles. The van der Waals surface area contributed by atoms with Gasteiger partial charge in [-0.05, 0) is 0 Å². The molecule has 0 saturated carbocycles. The number of rotatable bonds is 5. The third-order valence-electron chi connectivity index (χ3n) is 0.984. The van der Waals surface area contributed by atoms with Crippen molar-refractivity contribution in [1.82, 2.24) is 5.32 Å². The van der Waals surface area contributed by atoms with Crippen LogP contribution >= 0.6 is 0 Å². The van der Waals surface area contributed by atoms with Gasteiger partial charge in [-0.25, -0.2) is 0 Å². The first kappa shape index (κ1) is 9.48. The minimum atomic E-state index is 0.416. The van der Waals surface area contributed by atoms with Gasteiger partial charge in [0.1, 0.15) is 6.61 Å². The van der Waals surface area contributed by atoms with E-state index in [1.807, 2.05) is 0 Å². The first-order chi connectivity index (χ1) is 4.77. The summed E-state index contributed by atoms with van der Waals surface area (Å²) in [5, 5.41) is 3.21. The van der Waals surface area contributed by atoms with Gasteiger partial charge in [0.2, 0.25) is 0 Å². The SMILES string of the molecule is C#CCOCCNC(C)C. The van der Waals surface area contributed by atoms with Gasteiger partial charge in [-0.15, -0.1) is 6.42 Å². The van der Waals surface area contributed by atoms with Gasteiger partial charge >= 0.3 is 0 Å². The largest absolute Gasteiger partial charge is 0.367 e. The van der Waals surface area contributed by atoms with Crippen LogP contribution in [0.3, 0.4) is 0 Å². The zero-order chi connectivity index (χ0) is 7.82. The highest BCUT2D eigenvalue weighted by Gasteiger charge is 1.89. The van der Waals surface area contributed by atoms with E-state index in [1.165, 1.54) is 0 Å². The summed E-state index contributed by atoms with van der Waals surface area (Å²) in [4.78, 5) is 0. The molecule has 1 N–H and O–H groups in total. The molecule has 0 rings (SSSR count). The number of terminal acetylenes is 1. The van der Waals surface area contributed by atoms with Crippen LogP contribution in [0.25, 0.3) is 0 Å². The molecule has 2 nitrogen and oxygen atoms in total. The Kier molecular flexibility index (Phi) is 6.25. The van der Waals surface area contributed by atoms with E-state index in [1.54, 1.807) is 0 Å². The molecular weight excluding hydrogens is 126 g/mol. The summed E-state index contributed by atoms with van der Waals surface area (Å²) in [5.74, 6) is 2.41. The van der Waals surface area contributed by atoms with E-state index in [0.717, 1.165) is 6.54 Å². The highest BCUT2D eigenvalue weighted by atomic mass is 16.5. The molecule has 0 aromatic rings. The molecule has 10 heavy (non-hydrogen) atoms.